The molecule has 0 fully saturated rings. The quantitative estimate of drug-likeness (QED) is 0.798. The molecule has 2 rings (SSSR count). The minimum Gasteiger partial charge on any atom is -0.338 e. The first-order valence-corrected chi connectivity index (χ1v) is 4.75. The largest absolute Gasteiger partial charge is 0.338 e. The van der Waals surface area contributed by atoms with E-state index in [4.69, 9.17) is 4.52 Å². The number of hydrogen-bond donors (Lipinski definition) is 1. The lowest BCUT2D eigenvalue weighted by atomic mass is 10.2. The van der Waals surface area contributed by atoms with Crippen LogP contribution in [0.15, 0.2) is 53.6 Å². The normalized spacial score (nSPS) is 9.75. The Morgan fingerprint density at radius 1 is 1.38 bits per heavy atom. The molecule has 0 saturated carbocycles. The minimum absolute atomic E-state index is 0.309. The van der Waals surface area contributed by atoms with Gasteiger partial charge in [0.05, 0.1) is 0 Å². The van der Waals surface area contributed by atoms with Gasteiger partial charge in [-0.1, -0.05) is 42.1 Å². The second-order valence-electron chi connectivity index (χ2n) is 3.14. The highest BCUT2D eigenvalue weighted by atomic mass is 16.5. The zero-order valence-electron chi connectivity index (χ0n) is 8.51. The Labute approximate surface area is 92.6 Å². The van der Waals surface area contributed by atoms with Crippen molar-refractivity contribution in [2.45, 2.75) is 0 Å². The van der Waals surface area contributed by atoms with Crippen molar-refractivity contribution < 1.29 is 9.32 Å². The number of nitrogens with one attached hydrogen (secondary N) is 1. The van der Waals surface area contributed by atoms with Crippen molar-refractivity contribution in [1.29, 1.82) is 0 Å². The number of anilines is 1. The summed E-state index contributed by atoms with van der Waals surface area (Å²) in [5, 5.41) is 6.35. The fraction of sp³-hybridized carbons (Fsp3) is 0. The standard InChI is InChI=1S/C12H10N2O2/c1-2-11(15)13-12-8-10(14-16-12)9-6-4-3-5-7-9/h2-8H,1H2,(H,13,15). The van der Waals surface area contributed by atoms with Crippen LogP contribution in [0.3, 0.4) is 0 Å². The average molecular weight is 214 g/mol. The molecular weight excluding hydrogens is 204 g/mol. The smallest absolute Gasteiger partial charge is 0.250 e. The fourth-order valence-electron chi connectivity index (χ4n) is 1.25. The maximum Gasteiger partial charge on any atom is 0.250 e. The van der Waals surface area contributed by atoms with E-state index in [1.807, 2.05) is 30.3 Å². The molecule has 80 valence electrons. The summed E-state index contributed by atoms with van der Waals surface area (Å²) in [6, 6.07) is 11.2. The summed E-state index contributed by atoms with van der Waals surface area (Å²) in [5.41, 5.74) is 1.62. The molecule has 0 unspecified atom stereocenters. The number of benzene rings is 1. The number of amides is 1. The van der Waals surface area contributed by atoms with Crippen LogP contribution in [0.1, 0.15) is 0 Å². The molecule has 1 heterocycles. The van der Waals surface area contributed by atoms with Gasteiger partial charge >= 0.3 is 0 Å². The molecule has 1 amide bonds. The van der Waals surface area contributed by atoms with Gasteiger partial charge < -0.3 is 4.52 Å². The third-order valence-electron chi connectivity index (χ3n) is 2.01. The third kappa shape index (κ3) is 2.17. The third-order valence-corrected chi connectivity index (χ3v) is 2.01. The van der Waals surface area contributed by atoms with Crippen LogP contribution >= 0.6 is 0 Å². The Hall–Kier alpha value is -2.36. The summed E-state index contributed by atoms with van der Waals surface area (Å²) >= 11 is 0. The minimum atomic E-state index is -0.323. The first-order chi connectivity index (χ1) is 7.79. The molecule has 0 bridgehead atoms. The van der Waals surface area contributed by atoms with E-state index in [0.29, 0.717) is 11.6 Å². The monoisotopic (exact) mass is 214 g/mol. The summed E-state index contributed by atoms with van der Waals surface area (Å²) in [7, 11) is 0. The number of aromatic nitrogens is 1. The molecule has 0 atom stereocenters. The van der Waals surface area contributed by atoms with Crippen LogP contribution in [-0.2, 0) is 4.79 Å². The molecule has 4 nitrogen and oxygen atoms in total. The van der Waals surface area contributed by atoms with E-state index in [2.05, 4.69) is 17.1 Å². The van der Waals surface area contributed by atoms with Crippen molar-refractivity contribution in [1.82, 2.24) is 5.16 Å². The van der Waals surface area contributed by atoms with Crippen LogP contribution < -0.4 is 5.32 Å². The molecule has 1 aromatic heterocycles. The summed E-state index contributed by atoms with van der Waals surface area (Å²) in [6.07, 6.45) is 1.17. The predicted octanol–water partition coefficient (Wildman–Crippen LogP) is 2.47. The highest BCUT2D eigenvalue weighted by Gasteiger charge is 2.06. The molecule has 0 aliphatic rings. The molecule has 1 aromatic carbocycles. The van der Waals surface area contributed by atoms with Gasteiger partial charge in [-0.05, 0) is 6.08 Å². The fourth-order valence-corrected chi connectivity index (χ4v) is 1.25. The first-order valence-electron chi connectivity index (χ1n) is 4.75. The Morgan fingerprint density at radius 2 is 2.12 bits per heavy atom. The lowest BCUT2D eigenvalue weighted by Crippen LogP contribution is -2.05. The number of hydrogen-bond acceptors (Lipinski definition) is 3. The summed E-state index contributed by atoms with van der Waals surface area (Å²) in [5.74, 6) is -0.0143. The lowest BCUT2D eigenvalue weighted by Gasteiger charge is -1.92. The zero-order chi connectivity index (χ0) is 11.4. The average Bonchev–Trinajstić information content (AvgIpc) is 2.78. The molecule has 0 spiro atoms. The van der Waals surface area contributed by atoms with Crippen molar-refractivity contribution in [3.8, 4) is 11.3 Å². The molecule has 16 heavy (non-hydrogen) atoms. The second kappa shape index (κ2) is 4.44. The topological polar surface area (TPSA) is 55.1 Å². The van der Waals surface area contributed by atoms with Crippen LogP contribution in [0.5, 0.6) is 0 Å². The summed E-state index contributed by atoms with van der Waals surface area (Å²) in [4.78, 5) is 11.0. The predicted molar refractivity (Wildman–Crippen MR) is 60.8 cm³/mol. The lowest BCUT2D eigenvalue weighted by molar-refractivity contribution is -0.112. The Balaban J connectivity index is 2.20. The van der Waals surface area contributed by atoms with Gasteiger partial charge in [0.2, 0.25) is 11.8 Å². The van der Waals surface area contributed by atoms with Gasteiger partial charge in [0.25, 0.3) is 0 Å². The molecule has 0 saturated heterocycles. The van der Waals surface area contributed by atoms with Crippen molar-refractivity contribution in [2.24, 2.45) is 0 Å². The maximum atomic E-state index is 11.0. The highest BCUT2D eigenvalue weighted by molar-refractivity contribution is 5.98. The van der Waals surface area contributed by atoms with E-state index in [0.717, 1.165) is 5.56 Å². The van der Waals surface area contributed by atoms with Gasteiger partial charge in [0, 0.05) is 11.6 Å². The molecule has 2 aromatic rings. The van der Waals surface area contributed by atoms with E-state index in [9.17, 15) is 4.79 Å². The number of carbonyl (C=O) groups is 1. The van der Waals surface area contributed by atoms with Gasteiger partial charge in [0.15, 0.2) is 0 Å². The van der Waals surface area contributed by atoms with E-state index >= 15 is 0 Å². The zero-order valence-corrected chi connectivity index (χ0v) is 8.51. The van der Waals surface area contributed by atoms with Gasteiger partial charge in [-0.2, -0.15) is 0 Å². The molecule has 1 N–H and O–H groups in total. The van der Waals surface area contributed by atoms with Crippen LogP contribution in [0.25, 0.3) is 11.3 Å². The van der Waals surface area contributed by atoms with Gasteiger partial charge in [-0.3, -0.25) is 10.1 Å². The number of nitrogens with zero attached hydrogens (tertiary/aromatic N) is 1. The van der Waals surface area contributed by atoms with E-state index in [1.54, 1.807) is 6.07 Å². The van der Waals surface area contributed by atoms with Gasteiger partial charge in [-0.25, -0.2) is 0 Å². The van der Waals surface area contributed by atoms with Crippen molar-refractivity contribution in [2.75, 3.05) is 5.32 Å². The van der Waals surface area contributed by atoms with Crippen molar-refractivity contribution in [3.05, 3.63) is 49.1 Å². The molecule has 4 heteroatoms. The van der Waals surface area contributed by atoms with Crippen LogP contribution in [0.4, 0.5) is 5.88 Å². The number of carbonyl (C=O) groups excluding carboxylic acids is 1. The van der Waals surface area contributed by atoms with Gasteiger partial charge in [0.1, 0.15) is 5.69 Å². The van der Waals surface area contributed by atoms with Crippen molar-refractivity contribution in [3.63, 3.8) is 0 Å². The first kappa shape index (κ1) is 10.2. The summed E-state index contributed by atoms with van der Waals surface area (Å²) in [6.45, 7) is 3.35. The Morgan fingerprint density at radius 3 is 2.81 bits per heavy atom. The molecular formula is C12H10N2O2. The molecule has 0 aliphatic heterocycles. The van der Waals surface area contributed by atoms with Gasteiger partial charge in [-0.15, -0.1) is 0 Å². The van der Waals surface area contributed by atoms with Crippen molar-refractivity contribution >= 4 is 11.8 Å². The molecule has 0 aliphatic carbocycles. The van der Waals surface area contributed by atoms with E-state index < -0.39 is 0 Å². The highest BCUT2D eigenvalue weighted by Crippen LogP contribution is 2.20. The van der Waals surface area contributed by atoms with Crippen LogP contribution in [-0.4, -0.2) is 11.1 Å². The Bertz CT molecular complexity index is 503. The van der Waals surface area contributed by atoms with Crippen LogP contribution in [0.2, 0.25) is 0 Å². The summed E-state index contributed by atoms with van der Waals surface area (Å²) < 4.78 is 4.96. The SMILES string of the molecule is C=CC(=O)Nc1cc(-c2ccccc2)no1. The van der Waals surface area contributed by atoms with E-state index in [-0.39, 0.29) is 5.91 Å². The Kier molecular flexibility index (Phi) is 2.82. The number of rotatable bonds is 3. The molecule has 0 radical (unpaired) electrons. The van der Waals surface area contributed by atoms with Crippen LogP contribution in [0, 0.1) is 0 Å². The maximum absolute atomic E-state index is 11.0. The van der Waals surface area contributed by atoms with E-state index in [1.165, 1.54) is 6.08 Å². The second-order valence-corrected chi connectivity index (χ2v) is 3.14.